The largest absolute Gasteiger partial charge is 0.354 e. The number of aromatic nitrogens is 2. The van der Waals surface area contributed by atoms with Crippen molar-refractivity contribution in [2.45, 2.75) is 40.2 Å². The Hall–Kier alpha value is -2.37. The highest BCUT2D eigenvalue weighted by atomic mass is 16.2. The second kappa shape index (κ2) is 6.81. The summed E-state index contributed by atoms with van der Waals surface area (Å²) >= 11 is 0. The van der Waals surface area contributed by atoms with Crippen molar-refractivity contribution in [3.63, 3.8) is 0 Å². The van der Waals surface area contributed by atoms with Crippen molar-refractivity contribution in [1.82, 2.24) is 20.0 Å². The summed E-state index contributed by atoms with van der Waals surface area (Å²) in [5, 5.41) is 5.55. The quantitative estimate of drug-likeness (QED) is 0.878. The molecule has 23 heavy (non-hydrogen) atoms. The van der Waals surface area contributed by atoms with Gasteiger partial charge in [-0.3, -0.25) is 9.59 Å². The molecule has 0 aromatic carbocycles. The highest BCUT2D eigenvalue weighted by Crippen LogP contribution is 2.12. The van der Waals surface area contributed by atoms with E-state index in [2.05, 4.69) is 15.6 Å². The van der Waals surface area contributed by atoms with Crippen LogP contribution in [0.4, 0.5) is 0 Å². The Bertz CT molecular complexity index is 667. The molecule has 0 aliphatic heterocycles. The van der Waals surface area contributed by atoms with Crippen LogP contribution in [0.2, 0.25) is 0 Å². The SMILES string of the molecule is CC(NC(=O)C(C)(C)C)C(=O)NCCc1cn2ccccc2n1. The molecule has 2 heterocycles. The van der Waals surface area contributed by atoms with Gasteiger partial charge in [-0.15, -0.1) is 0 Å². The lowest BCUT2D eigenvalue weighted by molar-refractivity contribution is -0.133. The van der Waals surface area contributed by atoms with Crippen LogP contribution in [-0.2, 0) is 16.0 Å². The maximum atomic E-state index is 12.0. The number of carbonyl (C=O) groups excluding carboxylic acids is 2. The molecule has 1 unspecified atom stereocenters. The Morgan fingerprint density at radius 3 is 2.70 bits per heavy atom. The Kier molecular flexibility index (Phi) is 5.03. The molecule has 0 saturated heterocycles. The molecule has 0 radical (unpaired) electrons. The van der Waals surface area contributed by atoms with E-state index in [0.29, 0.717) is 13.0 Å². The molecule has 2 N–H and O–H groups in total. The second-order valence-electron chi connectivity index (χ2n) is 6.68. The number of nitrogens with one attached hydrogen (secondary N) is 2. The molecule has 2 rings (SSSR count). The van der Waals surface area contributed by atoms with E-state index in [4.69, 9.17) is 0 Å². The van der Waals surface area contributed by atoms with Gasteiger partial charge in [0.15, 0.2) is 0 Å². The monoisotopic (exact) mass is 316 g/mol. The summed E-state index contributed by atoms with van der Waals surface area (Å²) in [6, 6.07) is 5.27. The molecule has 0 saturated carbocycles. The minimum Gasteiger partial charge on any atom is -0.354 e. The Labute approximate surface area is 136 Å². The number of fused-ring (bicyclic) bond motifs is 1. The van der Waals surface area contributed by atoms with Crippen molar-refractivity contribution in [1.29, 1.82) is 0 Å². The first kappa shape index (κ1) is 17.0. The third-order valence-corrected chi connectivity index (χ3v) is 3.52. The molecule has 1 atom stereocenters. The van der Waals surface area contributed by atoms with E-state index in [1.807, 2.05) is 55.8 Å². The van der Waals surface area contributed by atoms with Crippen LogP contribution < -0.4 is 10.6 Å². The van der Waals surface area contributed by atoms with Crippen molar-refractivity contribution in [2.24, 2.45) is 5.41 Å². The summed E-state index contributed by atoms with van der Waals surface area (Å²) in [7, 11) is 0. The van der Waals surface area contributed by atoms with Crippen LogP contribution in [0.25, 0.3) is 5.65 Å². The smallest absolute Gasteiger partial charge is 0.242 e. The molecule has 2 aromatic rings. The predicted molar refractivity (Wildman–Crippen MR) is 89.0 cm³/mol. The average Bonchev–Trinajstić information content (AvgIpc) is 2.88. The highest BCUT2D eigenvalue weighted by Gasteiger charge is 2.24. The fraction of sp³-hybridized carbons (Fsp3) is 0.471. The van der Waals surface area contributed by atoms with Crippen molar-refractivity contribution >= 4 is 17.5 Å². The summed E-state index contributed by atoms with van der Waals surface area (Å²) in [5.41, 5.74) is 1.30. The number of rotatable bonds is 5. The summed E-state index contributed by atoms with van der Waals surface area (Å²) < 4.78 is 1.95. The molecule has 2 amide bonds. The molecule has 0 spiro atoms. The molecule has 2 aromatic heterocycles. The van der Waals surface area contributed by atoms with Crippen LogP contribution >= 0.6 is 0 Å². The average molecular weight is 316 g/mol. The van der Waals surface area contributed by atoms with E-state index < -0.39 is 11.5 Å². The van der Waals surface area contributed by atoms with E-state index in [9.17, 15) is 9.59 Å². The third kappa shape index (κ3) is 4.55. The number of amides is 2. The third-order valence-electron chi connectivity index (χ3n) is 3.52. The number of carbonyl (C=O) groups is 2. The van der Waals surface area contributed by atoms with E-state index >= 15 is 0 Å². The first-order valence-corrected chi connectivity index (χ1v) is 7.78. The van der Waals surface area contributed by atoms with Crippen LogP contribution in [0.5, 0.6) is 0 Å². The molecule has 6 heteroatoms. The van der Waals surface area contributed by atoms with Crippen LogP contribution in [-0.4, -0.2) is 33.8 Å². The molecule has 6 nitrogen and oxygen atoms in total. The zero-order chi connectivity index (χ0) is 17.0. The lowest BCUT2D eigenvalue weighted by Gasteiger charge is -2.21. The van der Waals surface area contributed by atoms with Gasteiger partial charge in [-0.1, -0.05) is 26.8 Å². The second-order valence-corrected chi connectivity index (χ2v) is 6.68. The molecular formula is C17H24N4O2. The molecule has 0 fully saturated rings. The first-order valence-electron chi connectivity index (χ1n) is 7.78. The number of pyridine rings is 1. The van der Waals surface area contributed by atoms with Gasteiger partial charge in [0, 0.05) is 30.8 Å². The molecular weight excluding hydrogens is 292 g/mol. The number of imidazole rings is 1. The molecule has 0 bridgehead atoms. The minimum atomic E-state index is -0.553. The van der Waals surface area contributed by atoms with E-state index in [-0.39, 0.29) is 11.8 Å². The van der Waals surface area contributed by atoms with Crippen LogP contribution in [0.15, 0.2) is 30.6 Å². The van der Waals surface area contributed by atoms with Gasteiger partial charge >= 0.3 is 0 Å². The van der Waals surface area contributed by atoms with Crippen molar-refractivity contribution < 1.29 is 9.59 Å². The molecule has 0 aliphatic carbocycles. The maximum Gasteiger partial charge on any atom is 0.242 e. The summed E-state index contributed by atoms with van der Waals surface area (Å²) in [6.07, 6.45) is 4.54. The van der Waals surface area contributed by atoms with Gasteiger partial charge in [-0.05, 0) is 19.1 Å². The molecule has 0 aliphatic rings. The van der Waals surface area contributed by atoms with Gasteiger partial charge in [0.25, 0.3) is 0 Å². The van der Waals surface area contributed by atoms with Gasteiger partial charge in [0.2, 0.25) is 11.8 Å². The number of hydrogen-bond donors (Lipinski definition) is 2. The van der Waals surface area contributed by atoms with E-state index in [1.165, 1.54) is 0 Å². The van der Waals surface area contributed by atoms with Gasteiger partial charge in [0.1, 0.15) is 11.7 Å². The zero-order valence-electron chi connectivity index (χ0n) is 14.1. The Morgan fingerprint density at radius 1 is 1.30 bits per heavy atom. The molecule has 124 valence electrons. The maximum absolute atomic E-state index is 12.0. The van der Waals surface area contributed by atoms with Gasteiger partial charge in [-0.25, -0.2) is 4.98 Å². The summed E-state index contributed by atoms with van der Waals surface area (Å²) in [4.78, 5) is 28.4. The number of nitrogens with zero attached hydrogens (tertiary/aromatic N) is 2. The lowest BCUT2D eigenvalue weighted by atomic mass is 9.95. The van der Waals surface area contributed by atoms with Crippen molar-refractivity contribution in [2.75, 3.05) is 6.54 Å². The minimum absolute atomic E-state index is 0.138. The summed E-state index contributed by atoms with van der Waals surface area (Å²) in [6.45, 7) is 7.62. The zero-order valence-corrected chi connectivity index (χ0v) is 14.1. The highest BCUT2D eigenvalue weighted by molar-refractivity contribution is 5.89. The van der Waals surface area contributed by atoms with Crippen LogP contribution in [0.3, 0.4) is 0 Å². The number of hydrogen-bond acceptors (Lipinski definition) is 3. The van der Waals surface area contributed by atoms with E-state index in [1.54, 1.807) is 6.92 Å². The van der Waals surface area contributed by atoms with Gasteiger partial charge in [0.05, 0.1) is 5.69 Å². The Morgan fingerprint density at radius 2 is 2.04 bits per heavy atom. The van der Waals surface area contributed by atoms with Crippen molar-refractivity contribution in [3.8, 4) is 0 Å². The first-order chi connectivity index (χ1) is 10.8. The van der Waals surface area contributed by atoms with Gasteiger partial charge in [-0.2, -0.15) is 0 Å². The van der Waals surface area contributed by atoms with E-state index in [0.717, 1.165) is 11.3 Å². The van der Waals surface area contributed by atoms with Crippen molar-refractivity contribution in [3.05, 3.63) is 36.3 Å². The standard InChI is InChI=1S/C17H24N4O2/c1-12(19-16(23)17(2,3)4)15(22)18-9-8-13-11-21-10-6-5-7-14(21)20-13/h5-7,10-12H,8-9H2,1-4H3,(H,18,22)(H,19,23). The predicted octanol–water partition coefficient (Wildman–Crippen LogP) is 1.54. The topological polar surface area (TPSA) is 75.5 Å². The Balaban J connectivity index is 1.81. The lowest BCUT2D eigenvalue weighted by Crippen LogP contribution is -2.48. The summed E-state index contributed by atoms with van der Waals surface area (Å²) in [5.74, 6) is -0.327. The van der Waals surface area contributed by atoms with Gasteiger partial charge < -0.3 is 15.0 Å². The fourth-order valence-corrected chi connectivity index (χ4v) is 2.05. The van der Waals surface area contributed by atoms with Crippen LogP contribution in [0, 0.1) is 5.41 Å². The van der Waals surface area contributed by atoms with Crippen LogP contribution in [0.1, 0.15) is 33.4 Å². The fourth-order valence-electron chi connectivity index (χ4n) is 2.05. The normalized spacial score (nSPS) is 12.9.